The molecule has 11 heteroatoms. The van der Waals surface area contributed by atoms with E-state index in [4.69, 9.17) is 21.5 Å². The lowest BCUT2D eigenvalue weighted by Gasteiger charge is -2.40. The first kappa shape index (κ1) is 25.3. The van der Waals surface area contributed by atoms with Crippen LogP contribution < -0.4 is 17.2 Å². The van der Waals surface area contributed by atoms with Crippen LogP contribution in [0.3, 0.4) is 0 Å². The Morgan fingerprint density at radius 2 is 0.960 bits per heavy atom. The highest BCUT2D eigenvalue weighted by Crippen LogP contribution is 2.30. The Labute approximate surface area is 156 Å². The van der Waals surface area contributed by atoms with Gasteiger partial charge in [-0.2, -0.15) is 0 Å². The standard InChI is InChI=1S/C14H39N3O5Si3/c1-18-23(4,12-6-9-15)21-25(20-3,14-8-11-17)22-24(5,19-2)13-7-10-16/h6-17H2,1-5H3/p+3. The van der Waals surface area contributed by atoms with Gasteiger partial charge in [0.15, 0.2) is 0 Å². The molecule has 0 heterocycles. The Morgan fingerprint density at radius 1 is 0.600 bits per heavy atom. The van der Waals surface area contributed by atoms with E-state index in [1.807, 2.05) is 0 Å². The molecule has 0 amide bonds. The van der Waals surface area contributed by atoms with E-state index < -0.39 is 25.9 Å². The SMILES string of the molecule is CO[Si](C)(CCC[NH3+])O[Si](CCC[NH3+])(OC)O[Si](C)(CCC[NH3+])OC. The Hall–Kier alpha value is 0.331. The van der Waals surface area contributed by atoms with Crippen LogP contribution in [-0.2, 0) is 21.5 Å². The topological polar surface area (TPSA) is 129 Å². The lowest BCUT2D eigenvalue weighted by molar-refractivity contribution is -0.368. The average Bonchev–Trinajstić information content (AvgIpc) is 2.63. The molecule has 152 valence electrons. The van der Waals surface area contributed by atoms with Crippen LogP contribution in [0.5, 0.6) is 0 Å². The maximum atomic E-state index is 6.60. The first-order valence-electron chi connectivity index (χ1n) is 9.21. The van der Waals surface area contributed by atoms with E-state index in [9.17, 15) is 0 Å². The smallest absolute Gasteiger partial charge is 0.398 e. The average molecular weight is 417 g/mol. The molecule has 0 spiro atoms. The quantitative estimate of drug-likeness (QED) is 0.276. The molecule has 2 unspecified atom stereocenters. The van der Waals surface area contributed by atoms with Crippen molar-refractivity contribution in [3.05, 3.63) is 0 Å². The van der Waals surface area contributed by atoms with Crippen LogP contribution in [0.25, 0.3) is 0 Å². The molecule has 0 aliphatic rings. The summed E-state index contributed by atoms with van der Waals surface area (Å²) >= 11 is 0. The molecule has 0 bridgehead atoms. The molecule has 0 aliphatic carbocycles. The molecule has 9 N–H and O–H groups in total. The first-order valence-corrected chi connectivity index (χ1v) is 16.2. The van der Waals surface area contributed by atoms with Gasteiger partial charge in [0, 0.05) is 33.8 Å². The zero-order valence-corrected chi connectivity index (χ0v) is 20.0. The number of quaternary nitrogens is 3. The van der Waals surface area contributed by atoms with Crippen molar-refractivity contribution in [1.82, 2.24) is 0 Å². The Kier molecular flexibility index (Phi) is 12.8. The molecule has 0 saturated carbocycles. The number of hydrogen-bond donors (Lipinski definition) is 3. The molecule has 0 fully saturated rings. The second kappa shape index (κ2) is 12.7. The first-order chi connectivity index (χ1) is 11.8. The van der Waals surface area contributed by atoms with Gasteiger partial charge in [0.05, 0.1) is 19.6 Å². The largest absolute Gasteiger partial charge is 0.483 e. The zero-order valence-electron chi connectivity index (χ0n) is 17.0. The van der Waals surface area contributed by atoms with Crippen LogP contribution in [0.15, 0.2) is 0 Å². The fraction of sp³-hybridized carbons (Fsp3) is 1.00. The van der Waals surface area contributed by atoms with Crippen molar-refractivity contribution in [3.63, 3.8) is 0 Å². The normalized spacial score (nSPS) is 19.2. The molecule has 0 saturated heterocycles. The van der Waals surface area contributed by atoms with Gasteiger partial charge < -0.3 is 38.7 Å². The molecule has 0 aromatic rings. The van der Waals surface area contributed by atoms with Crippen molar-refractivity contribution >= 4 is 25.9 Å². The fourth-order valence-corrected chi connectivity index (χ4v) is 14.4. The minimum Gasteiger partial charge on any atom is -0.398 e. The van der Waals surface area contributed by atoms with Gasteiger partial charge in [-0.15, -0.1) is 0 Å². The summed E-state index contributed by atoms with van der Waals surface area (Å²) in [6, 6.07) is 2.49. The molecule has 0 aromatic carbocycles. The van der Waals surface area contributed by atoms with E-state index in [-0.39, 0.29) is 0 Å². The van der Waals surface area contributed by atoms with Gasteiger partial charge in [-0.1, -0.05) is 0 Å². The van der Waals surface area contributed by atoms with Crippen LogP contribution in [0, 0.1) is 0 Å². The van der Waals surface area contributed by atoms with Crippen LogP contribution >= 0.6 is 0 Å². The summed E-state index contributed by atoms with van der Waals surface area (Å²) in [5.74, 6) is 0. The molecule has 2 atom stereocenters. The van der Waals surface area contributed by atoms with Gasteiger partial charge in [-0.3, -0.25) is 0 Å². The second-order valence-corrected chi connectivity index (χ2v) is 16.9. The Bertz CT molecular complexity index is 336. The molecule has 0 radical (unpaired) electrons. The lowest BCUT2D eigenvalue weighted by Crippen LogP contribution is -2.62. The predicted molar refractivity (Wildman–Crippen MR) is 104 cm³/mol. The second-order valence-electron chi connectivity index (χ2n) is 6.64. The maximum Gasteiger partial charge on any atom is 0.483 e. The molecule has 8 nitrogen and oxygen atoms in total. The summed E-state index contributed by atoms with van der Waals surface area (Å²) in [5.41, 5.74) is 11.8. The molecular weight excluding hydrogens is 374 g/mol. The van der Waals surface area contributed by atoms with Crippen molar-refractivity contribution in [1.29, 1.82) is 0 Å². The van der Waals surface area contributed by atoms with Crippen LogP contribution in [0.1, 0.15) is 19.3 Å². The highest BCUT2D eigenvalue weighted by molar-refractivity contribution is 6.83. The van der Waals surface area contributed by atoms with E-state index in [1.165, 1.54) is 0 Å². The van der Waals surface area contributed by atoms with E-state index in [0.29, 0.717) is 0 Å². The van der Waals surface area contributed by atoms with E-state index >= 15 is 0 Å². The van der Waals surface area contributed by atoms with E-state index in [2.05, 4.69) is 30.3 Å². The molecule has 0 aromatic heterocycles. The van der Waals surface area contributed by atoms with Crippen molar-refractivity contribution in [2.24, 2.45) is 0 Å². The zero-order chi connectivity index (χ0) is 19.4. The fourth-order valence-electron chi connectivity index (χ4n) is 2.59. The molecule has 0 aliphatic heterocycles. The third-order valence-electron chi connectivity index (χ3n) is 4.41. The van der Waals surface area contributed by atoms with Gasteiger partial charge >= 0.3 is 25.9 Å². The Morgan fingerprint density at radius 3 is 1.24 bits per heavy atom. The highest BCUT2D eigenvalue weighted by Gasteiger charge is 2.52. The molecule has 25 heavy (non-hydrogen) atoms. The van der Waals surface area contributed by atoms with E-state index in [0.717, 1.165) is 57.0 Å². The maximum absolute atomic E-state index is 6.60. The molecular formula is C14H42N3O5Si3+3. The monoisotopic (exact) mass is 416 g/mol. The third kappa shape index (κ3) is 9.19. The number of rotatable bonds is 16. The number of hydrogen-bond acceptors (Lipinski definition) is 5. The van der Waals surface area contributed by atoms with E-state index in [1.54, 1.807) is 21.3 Å². The highest BCUT2D eigenvalue weighted by atomic mass is 28.5. The van der Waals surface area contributed by atoms with Crippen molar-refractivity contribution in [3.8, 4) is 0 Å². The lowest BCUT2D eigenvalue weighted by atomic mass is 10.5. The van der Waals surface area contributed by atoms with Crippen LogP contribution in [0.4, 0.5) is 0 Å². The summed E-state index contributed by atoms with van der Waals surface area (Å²) in [7, 11) is -2.55. The van der Waals surface area contributed by atoms with Crippen molar-refractivity contribution < 1.29 is 38.7 Å². The van der Waals surface area contributed by atoms with Gasteiger partial charge in [-0.25, -0.2) is 0 Å². The van der Waals surface area contributed by atoms with Crippen molar-refractivity contribution in [2.45, 2.75) is 50.5 Å². The summed E-state index contributed by atoms with van der Waals surface area (Å²) in [5, 5.41) is 0. The molecule has 0 rings (SSSR count). The summed E-state index contributed by atoms with van der Waals surface area (Å²) in [4.78, 5) is 0. The van der Waals surface area contributed by atoms with Crippen molar-refractivity contribution in [2.75, 3.05) is 41.0 Å². The Balaban J connectivity index is 5.45. The van der Waals surface area contributed by atoms with Crippen LogP contribution in [0.2, 0.25) is 31.2 Å². The summed E-state index contributed by atoms with van der Waals surface area (Å²) in [6.45, 7) is 6.71. The van der Waals surface area contributed by atoms with Gasteiger partial charge in [-0.05, 0) is 38.0 Å². The van der Waals surface area contributed by atoms with Gasteiger partial charge in [0.2, 0.25) is 0 Å². The van der Waals surface area contributed by atoms with Gasteiger partial charge in [0.1, 0.15) is 0 Å². The minimum atomic E-state index is -2.91. The summed E-state index contributed by atoms with van der Waals surface area (Å²) in [6.07, 6.45) is 2.84. The van der Waals surface area contributed by atoms with Crippen LogP contribution in [-0.4, -0.2) is 66.9 Å². The van der Waals surface area contributed by atoms with Gasteiger partial charge in [0.25, 0.3) is 0 Å². The summed E-state index contributed by atoms with van der Waals surface area (Å²) < 4.78 is 30.8. The third-order valence-corrected chi connectivity index (χ3v) is 16.2. The predicted octanol–water partition coefficient (Wildman–Crippen LogP) is -1.06. The minimum absolute atomic E-state index is 0.736.